The second-order valence-electron chi connectivity index (χ2n) is 5.47. The minimum Gasteiger partial charge on any atom is -0.489 e. The van der Waals surface area contributed by atoms with Gasteiger partial charge >= 0.3 is 12.1 Å². The Morgan fingerprint density at radius 2 is 1.73 bits per heavy atom. The number of halogens is 3. The van der Waals surface area contributed by atoms with Gasteiger partial charge in [0, 0.05) is 5.56 Å². The monoisotopic (exact) mass is 367 g/mol. The van der Waals surface area contributed by atoms with Crippen LogP contribution in [-0.2, 0) is 11.4 Å². The molecule has 1 N–H and O–H groups in total. The van der Waals surface area contributed by atoms with Crippen molar-refractivity contribution >= 4 is 11.9 Å². The van der Waals surface area contributed by atoms with Crippen LogP contribution in [-0.4, -0.2) is 41.1 Å². The van der Waals surface area contributed by atoms with Crippen molar-refractivity contribution in [3.05, 3.63) is 65.7 Å². The molecule has 0 bridgehead atoms. The number of alkyl halides is 3. The summed E-state index contributed by atoms with van der Waals surface area (Å²) in [5.41, 5.74) is 0.801. The number of aliphatic carboxylic acids is 1. The summed E-state index contributed by atoms with van der Waals surface area (Å²) in [6.45, 7) is -2.47. The van der Waals surface area contributed by atoms with Crippen LogP contribution in [0.1, 0.15) is 15.9 Å². The summed E-state index contributed by atoms with van der Waals surface area (Å²) >= 11 is 0. The molecule has 0 aliphatic heterocycles. The Balaban J connectivity index is 2.12. The first-order chi connectivity index (χ1) is 12.2. The van der Waals surface area contributed by atoms with Crippen molar-refractivity contribution < 1.29 is 32.6 Å². The molecule has 1 amide bonds. The summed E-state index contributed by atoms with van der Waals surface area (Å²) in [6, 6.07) is 14.8. The van der Waals surface area contributed by atoms with Crippen LogP contribution in [0.15, 0.2) is 54.6 Å². The van der Waals surface area contributed by atoms with Crippen molar-refractivity contribution in [3.8, 4) is 5.75 Å². The fourth-order valence-corrected chi connectivity index (χ4v) is 2.22. The van der Waals surface area contributed by atoms with E-state index in [1.54, 1.807) is 6.07 Å². The van der Waals surface area contributed by atoms with Gasteiger partial charge in [0.2, 0.25) is 0 Å². The first kappa shape index (κ1) is 19.3. The molecule has 2 aromatic carbocycles. The third kappa shape index (κ3) is 6.12. The van der Waals surface area contributed by atoms with E-state index in [1.165, 1.54) is 18.2 Å². The van der Waals surface area contributed by atoms with Gasteiger partial charge in [0.15, 0.2) is 0 Å². The lowest BCUT2D eigenvalue weighted by Gasteiger charge is -2.22. The SMILES string of the molecule is O=C(O)CN(CC(F)(F)F)C(=O)c1cccc(OCc2ccccc2)c1. The van der Waals surface area contributed by atoms with Gasteiger partial charge in [0.05, 0.1) is 0 Å². The molecule has 0 radical (unpaired) electrons. The molecule has 0 atom stereocenters. The molecule has 0 fully saturated rings. The van der Waals surface area contributed by atoms with Gasteiger partial charge < -0.3 is 14.7 Å². The zero-order valence-electron chi connectivity index (χ0n) is 13.6. The molecule has 2 aromatic rings. The summed E-state index contributed by atoms with van der Waals surface area (Å²) in [4.78, 5) is 23.3. The summed E-state index contributed by atoms with van der Waals surface area (Å²) < 4.78 is 43.4. The van der Waals surface area contributed by atoms with Crippen molar-refractivity contribution in [1.29, 1.82) is 0 Å². The van der Waals surface area contributed by atoms with E-state index in [9.17, 15) is 22.8 Å². The molecule has 0 aliphatic carbocycles. The van der Waals surface area contributed by atoms with E-state index in [0.717, 1.165) is 5.56 Å². The maximum absolute atomic E-state index is 12.6. The van der Waals surface area contributed by atoms with Crippen molar-refractivity contribution in [2.24, 2.45) is 0 Å². The minimum atomic E-state index is -4.70. The van der Waals surface area contributed by atoms with Crippen LogP contribution < -0.4 is 4.74 Å². The quantitative estimate of drug-likeness (QED) is 0.815. The third-order valence-corrected chi connectivity index (χ3v) is 3.31. The lowest BCUT2D eigenvalue weighted by Crippen LogP contribution is -2.42. The number of carbonyl (C=O) groups excluding carboxylic acids is 1. The summed E-state index contributed by atoms with van der Waals surface area (Å²) in [5.74, 6) is -2.27. The van der Waals surface area contributed by atoms with Gasteiger partial charge in [-0.05, 0) is 23.8 Å². The highest BCUT2D eigenvalue weighted by Gasteiger charge is 2.34. The number of hydrogen-bond acceptors (Lipinski definition) is 3. The van der Waals surface area contributed by atoms with E-state index in [2.05, 4.69) is 0 Å². The fraction of sp³-hybridized carbons (Fsp3) is 0.222. The van der Waals surface area contributed by atoms with Gasteiger partial charge in [0.25, 0.3) is 5.91 Å². The van der Waals surface area contributed by atoms with Gasteiger partial charge in [0.1, 0.15) is 25.4 Å². The molecule has 5 nitrogen and oxygen atoms in total. The Morgan fingerprint density at radius 1 is 1.04 bits per heavy atom. The van der Waals surface area contributed by atoms with Crippen LogP contribution in [0.3, 0.4) is 0 Å². The molecule has 8 heteroatoms. The Labute approximate surface area is 147 Å². The number of benzene rings is 2. The summed E-state index contributed by atoms with van der Waals surface area (Å²) in [6.07, 6.45) is -4.70. The largest absolute Gasteiger partial charge is 0.489 e. The number of amides is 1. The van der Waals surface area contributed by atoms with Crippen LogP contribution in [0, 0.1) is 0 Å². The molecule has 0 unspecified atom stereocenters. The van der Waals surface area contributed by atoms with Crippen LogP contribution in [0.2, 0.25) is 0 Å². The highest BCUT2D eigenvalue weighted by atomic mass is 19.4. The zero-order chi connectivity index (χ0) is 19.2. The first-order valence-electron chi connectivity index (χ1n) is 7.59. The number of carboxylic acids is 1. The van der Waals surface area contributed by atoms with E-state index in [0.29, 0.717) is 5.75 Å². The van der Waals surface area contributed by atoms with E-state index in [4.69, 9.17) is 9.84 Å². The van der Waals surface area contributed by atoms with Crippen LogP contribution in [0.5, 0.6) is 5.75 Å². The third-order valence-electron chi connectivity index (χ3n) is 3.31. The Bertz CT molecular complexity index is 763. The van der Waals surface area contributed by atoms with E-state index < -0.39 is 31.1 Å². The van der Waals surface area contributed by atoms with Crippen LogP contribution >= 0.6 is 0 Å². The maximum atomic E-state index is 12.6. The van der Waals surface area contributed by atoms with Crippen molar-refractivity contribution in [3.63, 3.8) is 0 Å². The molecular weight excluding hydrogens is 351 g/mol. The van der Waals surface area contributed by atoms with Crippen molar-refractivity contribution in [2.45, 2.75) is 12.8 Å². The zero-order valence-corrected chi connectivity index (χ0v) is 13.6. The molecule has 2 rings (SSSR count). The van der Waals surface area contributed by atoms with Gasteiger partial charge in [-0.1, -0.05) is 36.4 Å². The van der Waals surface area contributed by atoms with Gasteiger partial charge in [-0.15, -0.1) is 0 Å². The van der Waals surface area contributed by atoms with Crippen molar-refractivity contribution in [1.82, 2.24) is 4.90 Å². The Morgan fingerprint density at radius 3 is 2.35 bits per heavy atom. The van der Waals surface area contributed by atoms with E-state index >= 15 is 0 Å². The Kier molecular flexibility index (Phi) is 6.21. The molecule has 0 saturated carbocycles. The predicted octanol–water partition coefficient (Wildman–Crippen LogP) is 3.35. The smallest absolute Gasteiger partial charge is 0.406 e. The average molecular weight is 367 g/mol. The van der Waals surface area contributed by atoms with Gasteiger partial charge in [-0.2, -0.15) is 13.2 Å². The topological polar surface area (TPSA) is 66.8 Å². The van der Waals surface area contributed by atoms with Crippen molar-refractivity contribution in [2.75, 3.05) is 13.1 Å². The highest BCUT2D eigenvalue weighted by molar-refractivity contribution is 5.96. The molecule has 0 aromatic heterocycles. The number of hydrogen-bond donors (Lipinski definition) is 1. The number of rotatable bonds is 7. The van der Waals surface area contributed by atoms with Gasteiger partial charge in [-0.3, -0.25) is 9.59 Å². The lowest BCUT2D eigenvalue weighted by molar-refractivity contribution is -0.149. The normalized spacial score (nSPS) is 11.0. The number of carbonyl (C=O) groups is 2. The molecular formula is C18H16F3NO4. The van der Waals surface area contributed by atoms with Gasteiger partial charge in [-0.25, -0.2) is 0 Å². The maximum Gasteiger partial charge on any atom is 0.406 e. The number of ether oxygens (including phenoxy) is 1. The first-order valence-corrected chi connectivity index (χ1v) is 7.59. The molecule has 138 valence electrons. The average Bonchev–Trinajstić information content (AvgIpc) is 2.58. The second-order valence-corrected chi connectivity index (χ2v) is 5.47. The summed E-state index contributed by atoms with van der Waals surface area (Å²) in [5, 5.41) is 8.76. The lowest BCUT2D eigenvalue weighted by atomic mass is 10.2. The van der Waals surface area contributed by atoms with Crippen LogP contribution in [0.4, 0.5) is 13.2 Å². The highest BCUT2D eigenvalue weighted by Crippen LogP contribution is 2.20. The van der Waals surface area contributed by atoms with E-state index in [1.807, 2.05) is 30.3 Å². The van der Waals surface area contributed by atoms with E-state index in [-0.39, 0.29) is 17.1 Å². The molecule has 0 spiro atoms. The fourth-order valence-electron chi connectivity index (χ4n) is 2.22. The molecule has 0 heterocycles. The standard InChI is InChI=1S/C18H16F3NO4/c19-18(20,21)12-22(10-16(23)24)17(25)14-7-4-8-15(9-14)26-11-13-5-2-1-3-6-13/h1-9H,10-12H2,(H,23,24). The minimum absolute atomic E-state index is 0.0824. The number of carboxylic acid groups (broad SMARTS) is 1. The Hall–Kier alpha value is -3.03. The molecule has 0 aliphatic rings. The predicted molar refractivity (Wildman–Crippen MR) is 86.8 cm³/mol. The molecule has 26 heavy (non-hydrogen) atoms. The van der Waals surface area contributed by atoms with Crippen LogP contribution in [0.25, 0.3) is 0 Å². The second kappa shape index (κ2) is 8.37. The number of nitrogens with zero attached hydrogens (tertiary/aromatic N) is 1. The summed E-state index contributed by atoms with van der Waals surface area (Å²) in [7, 11) is 0. The molecule has 0 saturated heterocycles.